The van der Waals surface area contributed by atoms with Crippen molar-refractivity contribution in [2.75, 3.05) is 145 Å². The molecule has 0 fully saturated rings. The number of carboxylic acid groups (broad SMARTS) is 2. The van der Waals surface area contributed by atoms with Crippen molar-refractivity contribution in [1.82, 2.24) is 5.32 Å². The lowest BCUT2D eigenvalue weighted by atomic mass is 10.2. The lowest BCUT2D eigenvalue weighted by Crippen LogP contribution is -2.31. The summed E-state index contributed by atoms with van der Waals surface area (Å²) in [4.78, 5) is 54.2. The predicted molar refractivity (Wildman–Crippen MR) is 162 cm³/mol. The van der Waals surface area contributed by atoms with Gasteiger partial charge in [0.25, 0.3) is 0 Å². The van der Waals surface area contributed by atoms with Gasteiger partial charge < -0.3 is 67.6 Å². The zero-order valence-electron chi connectivity index (χ0n) is 27.4. The van der Waals surface area contributed by atoms with Crippen LogP contribution in [0.15, 0.2) is 0 Å². The molecule has 0 bridgehead atoms. The quantitative estimate of drug-likeness (QED) is 0.0370. The molecule has 280 valence electrons. The first kappa shape index (κ1) is 45.2. The highest BCUT2D eigenvalue weighted by atomic mass is 16.6. The fourth-order valence-electron chi connectivity index (χ4n) is 3.02. The number of carbonyl (C=O) groups is 5. The molecule has 0 spiro atoms. The fourth-order valence-corrected chi connectivity index (χ4v) is 3.02. The fraction of sp³-hybridized carbons (Fsp3) is 0.828. The molecule has 0 aromatic carbocycles. The van der Waals surface area contributed by atoms with Gasteiger partial charge in [-0.3, -0.25) is 14.4 Å². The monoisotopic (exact) mass is 701 g/mol. The summed E-state index contributed by atoms with van der Waals surface area (Å²) in [5.74, 6) is -4.81. The summed E-state index contributed by atoms with van der Waals surface area (Å²) < 4.78 is 57.8. The standard InChI is InChI=1S/C29H51NO18/c31-25(29(36)37)1-2-28(35)48-22-21-46-20-19-45-18-17-44-16-15-43-14-13-42-12-11-41-10-9-40-8-7-39-6-5-38-4-3-30-26(32)23-47-24-27(33)34/h1-24H2,(H,30,32)(H,33,34)(H,36,37). The van der Waals surface area contributed by atoms with Crippen LogP contribution in [0.4, 0.5) is 0 Å². The molecule has 0 saturated heterocycles. The Hall–Kier alpha value is -2.85. The van der Waals surface area contributed by atoms with E-state index in [0.29, 0.717) is 112 Å². The molecular weight excluding hydrogens is 650 g/mol. The number of hydrogen-bond acceptors (Lipinski definition) is 16. The Balaban J connectivity index is 3.16. The molecule has 0 aliphatic rings. The van der Waals surface area contributed by atoms with Crippen LogP contribution < -0.4 is 5.32 Å². The van der Waals surface area contributed by atoms with E-state index in [0.717, 1.165) is 0 Å². The number of ether oxygens (including phenoxy) is 11. The second-order valence-electron chi connectivity index (χ2n) is 9.20. The third kappa shape index (κ3) is 36.0. The minimum absolute atomic E-state index is 0.00269. The molecule has 0 radical (unpaired) electrons. The van der Waals surface area contributed by atoms with Crippen LogP contribution >= 0.6 is 0 Å². The molecule has 1 amide bonds. The third-order valence-corrected chi connectivity index (χ3v) is 5.29. The molecule has 3 N–H and O–H groups in total. The number of carboxylic acids is 2. The molecule has 0 rings (SSSR count). The van der Waals surface area contributed by atoms with Crippen molar-refractivity contribution in [2.24, 2.45) is 0 Å². The number of ketones is 1. The summed E-state index contributed by atoms with van der Waals surface area (Å²) >= 11 is 0. The van der Waals surface area contributed by atoms with E-state index in [2.05, 4.69) is 10.1 Å². The number of nitrogens with one attached hydrogen (secondary N) is 1. The van der Waals surface area contributed by atoms with Crippen molar-refractivity contribution in [3.63, 3.8) is 0 Å². The second-order valence-corrected chi connectivity index (χ2v) is 9.20. The van der Waals surface area contributed by atoms with Crippen LogP contribution in [-0.2, 0) is 76.1 Å². The van der Waals surface area contributed by atoms with Gasteiger partial charge in [-0.1, -0.05) is 0 Å². The van der Waals surface area contributed by atoms with Crippen molar-refractivity contribution in [3.8, 4) is 0 Å². The molecular formula is C29H51NO18. The first-order chi connectivity index (χ1) is 23.3. The van der Waals surface area contributed by atoms with E-state index >= 15 is 0 Å². The lowest BCUT2D eigenvalue weighted by molar-refractivity contribution is -0.151. The van der Waals surface area contributed by atoms with E-state index in [1.165, 1.54) is 0 Å². The van der Waals surface area contributed by atoms with Gasteiger partial charge in [-0.2, -0.15) is 0 Å². The second kappa shape index (κ2) is 35.5. The Morgan fingerprint density at radius 1 is 0.417 bits per heavy atom. The van der Waals surface area contributed by atoms with Gasteiger partial charge in [-0.25, -0.2) is 9.59 Å². The predicted octanol–water partition coefficient (Wildman–Crippen LogP) is -1.67. The maximum absolute atomic E-state index is 11.4. The van der Waals surface area contributed by atoms with Gasteiger partial charge in [-0.15, -0.1) is 0 Å². The number of esters is 1. The Bertz CT molecular complexity index is 830. The van der Waals surface area contributed by atoms with Crippen molar-refractivity contribution >= 4 is 29.6 Å². The van der Waals surface area contributed by atoms with Crippen molar-refractivity contribution in [2.45, 2.75) is 12.8 Å². The Morgan fingerprint density at radius 3 is 1.12 bits per heavy atom. The van der Waals surface area contributed by atoms with Crippen LogP contribution in [0.1, 0.15) is 12.8 Å². The molecule has 0 atom stereocenters. The zero-order chi connectivity index (χ0) is 35.3. The van der Waals surface area contributed by atoms with Crippen LogP contribution in [0, 0.1) is 0 Å². The number of carbonyl (C=O) groups excluding carboxylic acids is 3. The van der Waals surface area contributed by atoms with Crippen LogP contribution in [0.25, 0.3) is 0 Å². The Morgan fingerprint density at radius 2 is 0.771 bits per heavy atom. The van der Waals surface area contributed by atoms with E-state index in [1.54, 1.807) is 0 Å². The number of rotatable bonds is 38. The summed E-state index contributed by atoms with van der Waals surface area (Å²) in [5, 5.41) is 19.4. The largest absolute Gasteiger partial charge is 0.480 e. The minimum atomic E-state index is -1.57. The summed E-state index contributed by atoms with van der Waals surface area (Å²) in [6.45, 7) is 6.38. The molecule has 0 aliphatic carbocycles. The highest BCUT2D eigenvalue weighted by Crippen LogP contribution is 1.95. The summed E-state index contributed by atoms with van der Waals surface area (Å²) in [7, 11) is 0. The maximum atomic E-state index is 11.4. The Kier molecular flexibility index (Phi) is 33.4. The van der Waals surface area contributed by atoms with Crippen molar-refractivity contribution < 1.29 is 86.3 Å². The molecule has 0 saturated carbocycles. The van der Waals surface area contributed by atoms with E-state index < -0.39 is 42.6 Å². The highest BCUT2D eigenvalue weighted by molar-refractivity contribution is 6.32. The van der Waals surface area contributed by atoms with Crippen molar-refractivity contribution in [3.05, 3.63) is 0 Å². The molecule has 0 aromatic heterocycles. The molecule has 48 heavy (non-hydrogen) atoms. The van der Waals surface area contributed by atoms with Gasteiger partial charge in [-0.05, 0) is 0 Å². The van der Waals surface area contributed by atoms with E-state index in [9.17, 15) is 24.0 Å². The normalized spacial score (nSPS) is 11.0. The van der Waals surface area contributed by atoms with E-state index in [1.807, 2.05) is 0 Å². The van der Waals surface area contributed by atoms with E-state index in [4.69, 9.17) is 57.6 Å². The number of aliphatic carboxylic acids is 2. The van der Waals surface area contributed by atoms with Crippen molar-refractivity contribution in [1.29, 1.82) is 0 Å². The topological polar surface area (TPSA) is 239 Å². The van der Waals surface area contributed by atoms with Crippen LogP contribution in [0.5, 0.6) is 0 Å². The third-order valence-electron chi connectivity index (χ3n) is 5.29. The molecule has 0 heterocycles. The van der Waals surface area contributed by atoms with Gasteiger partial charge in [0.1, 0.15) is 19.8 Å². The van der Waals surface area contributed by atoms with Crippen LogP contribution in [-0.4, -0.2) is 185 Å². The smallest absolute Gasteiger partial charge is 0.372 e. The lowest BCUT2D eigenvalue weighted by Gasteiger charge is -2.09. The van der Waals surface area contributed by atoms with E-state index in [-0.39, 0.29) is 32.8 Å². The molecule has 19 nitrogen and oxygen atoms in total. The van der Waals surface area contributed by atoms with Crippen LogP contribution in [0.2, 0.25) is 0 Å². The van der Waals surface area contributed by atoms with Gasteiger partial charge in [0.05, 0.1) is 125 Å². The summed E-state index contributed by atoms with van der Waals surface area (Å²) in [5.41, 5.74) is 0. The zero-order valence-corrected chi connectivity index (χ0v) is 27.4. The molecule has 0 unspecified atom stereocenters. The minimum Gasteiger partial charge on any atom is -0.480 e. The average Bonchev–Trinajstić information content (AvgIpc) is 3.05. The summed E-state index contributed by atoms with van der Waals surface area (Å²) in [6.07, 6.45) is -0.678. The number of amides is 1. The van der Waals surface area contributed by atoms with Crippen LogP contribution in [0.3, 0.4) is 0 Å². The highest BCUT2D eigenvalue weighted by Gasteiger charge is 2.14. The number of hydrogen-bond donors (Lipinski definition) is 3. The SMILES string of the molecule is O=C(O)COCC(=O)NCCOCCOCCOCCOCCOCCOCCOCCOCCOCCOC(=O)CCC(=O)C(=O)O. The van der Waals surface area contributed by atoms with Gasteiger partial charge >= 0.3 is 17.9 Å². The number of Topliss-reactive ketones (excluding diaryl/α,β-unsaturated/α-hetero) is 1. The average molecular weight is 702 g/mol. The molecule has 0 aromatic rings. The molecule has 19 heteroatoms. The van der Waals surface area contributed by atoms with Gasteiger partial charge in [0, 0.05) is 13.0 Å². The summed E-state index contributed by atoms with van der Waals surface area (Å²) in [6, 6.07) is 0. The first-order valence-electron chi connectivity index (χ1n) is 15.5. The van der Waals surface area contributed by atoms with Gasteiger partial charge in [0.2, 0.25) is 11.7 Å². The maximum Gasteiger partial charge on any atom is 0.372 e. The first-order valence-corrected chi connectivity index (χ1v) is 15.5. The molecule has 0 aliphatic heterocycles. The van der Waals surface area contributed by atoms with Gasteiger partial charge in [0.15, 0.2) is 0 Å². The Labute approximate surface area is 279 Å².